The fourth-order valence-electron chi connectivity index (χ4n) is 3.74. The molecule has 1 heterocycles. The van der Waals surface area contributed by atoms with E-state index in [0.717, 1.165) is 24.0 Å². The fourth-order valence-corrected chi connectivity index (χ4v) is 3.74. The Morgan fingerprint density at radius 2 is 1.66 bits per heavy atom. The Kier molecular flexibility index (Phi) is 8.09. The van der Waals surface area contributed by atoms with Crippen molar-refractivity contribution in [2.24, 2.45) is 5.92 Å². The molecular weight excluding hydrogens is 402 g/mol. The molecule has 3 rings (SSSR count). The second-order valence-corrected chi connectivity index (χ2v) is 9.16. The van der Waals surface area contributed by atoms with E-state index in [2.05, 4.69) is 0 Å². The van der Waals surface area contributed by atoms with Crippen LogP contribution in [0.3, 0.4) is 0 Å². The number of ether oxygens (including phenoxy) is 2. The lowest BCUT2D eigenvalue weighted by atomic mass is 9.98. The normalized spacial score (nSPS) is 17.3. The fraction of sp³-hybridized carbons (Fsp3) is 0.407. The van der Waals surface area contributed by atoms with E-state index in [1.807, 2.05) is 93.6 Å². The Bertz CT molecular complexity index is 902. The van der Waals surface area contributed by atoms with Gasteiger partial charge in [-0.05, 0) is 51.2 Å². The SMILES string of the molecule is CC(C)(C)OC(=O)N1CCC[C@H]1/C=C/C(Cc1ccccc1)C(=O)OCc1ccccc1. The van der Waals surface area contributed by atoms with Crippen LogP contribution < -0.4 is 0 Å². The van der Waals surface area contributed by atoms with Gasteiger partial charge >= 0.3 is 12.1 Å². The number of nitrogens with zero attached hydrogens (tertiary/aromatic N) is 1. The lowest BCUT2D eigenvalue weighted by molar-refractivity contribution is -0.148. The highest BCUT2D eigenvalue weighted by atomic mass is 16.6. The summed E-state index contributed by atoms with van der Waals surface area (Å²) in [7, 11) is 0. The van der Waals surface area contributed by atoms with E-state index < -0.39 is 11.5 Å². The highest BCUT2D eigenvalue weighted by molar-refractivity contribution is 5.75. The van der Waals surface area contributed by atoms with Gasteiger partial charge in [-0.1, -0.05) is 72.8 Å². The van der Waals surface area contributed by atoms with E-state index in [4.69, 9.17) is 9.47 Å². The molecule has 2 aromatic rings. The average molecular weight is 436 g/mol. The van der Waals surface area contributed by atoms with Gasteiger partial charge in [0.05, 0.1) is 12.0 Å². The topological polar surface area (TPSA) is 55.8 Å². The van der Waals surface area contributed by atoms with Crippen molar-refractivity contribution in [3.05, 3.63) is 83.9 Å². The highest BCUT2D eigenvalue weighted by Crippen LogP contribution is 2.23. The van der Waals surface area contributed by atoms with Crippen molar-refractivity contribution in [3.8, 4) is 0 Å². The summed E-state index contributed by atoms with van der Waals surface area (Å²) in [5.41, 5.74) is 1.48. The van der Waals surface area contributed by atoms with Gasteiger partial charge in [-0.3, -0.25) is 4.79 Å². The molecule has 1 unspecified atom stereocenters. The zero-order valence-corrected chi connectivity index (χ0v) is 19.2. The largest absolute Gasteiger partial charge is 0.460 e. The van der Waals surface area contributed by atoms with Gasteiger partial charge in [0.25, 0.3) is 0 Å². The van der Waals surface area contributed by atoms with E-state index in [-0.39, 0.29) is 24.7 Å². The van der Waals surface area contributed by atoms with Crippen molar-refractivity contribution in [2.75, 3.05) is 6.54 Å². The van der Waals surface area contributed by atoms with Crippen molar-refractivity contribution in [2.45, 2.75) is 58.3 Å². The molecule has 2 aromatic carbocycles. The zero-order valence-electron chi connectivity index (χ0n) is 19.2. The molecular formula is C27H33NO4. The quantitative estimate of drug-likeness (QED) is 0.423. The van der Waals surface area contributed by atoms with E-state index in [1.54, 1.807) is 4.90 Å². The van der Waals surface area contributed by atoms with E-state index in [1.165, 1.54) is 0 Å². The third-order valence-corrected chi connectivity index (χ3v) is 5.32. The van der Waals surface area contributed by atoms with Gasteiger partial charge in [0.1, 0.15) is 12.2 Å². The molecule has 1 amide bonds. The molecule has 0 aromatic heterocycles. The van der Waals surface area contributed by atoms with Crippen LogP contribution in [-0.4, -0.2) is 35.2 Å². The lowest BCUT2D eigenvalue weighted by Gasteiger charge is -2.27. The van der Waals surface area contributed by atoms with Crippen LogP contribution in [0, 0.1) is 5.92 Å². The van der Waals surface area contributed by atoms with Crippen molar-refractivity contribution in [1.29, 1.82) is 0 Å². The first-order chi connectivity index (χ1) is 15.3. The van der Waals surface area contributed by atoms with Gasteiger partial charge in [0, 0.05) is 6.54 Å². The Morgan fingerprint density at radius 3 is 2.28 bits per heavy atom. The highest BCUT2D eigenvalue weighted by Gasteiger charge is 2.31. The molecule has 2 atom stereocenters. The molecule has 0 bridgehead atoms. The molecule has 1 saturated heterocycles. The molecule has 0 N–H and O–H groups in total. The number of benzene rings is 2. The maximum Gasteiger partial charge on any atom is 0.410 e. The molecule has 5 heteroatoms. The summed E-state index contributed by atoms with van der Waals surface area (Å²) in [6.07, 6.45) is 5.87. The van der Waals surface area contributed by atoms with Crippen LogP contribution in [0.15, 0.2) is 72.8 Å². The molecule has 1 aliphatic heterocycles. The molecule has 5 nitrogen and oxygen atoms in total. The van der Waals surface area contributed by atoms with Crippen molar-refractivity contribution >= 4 is 12.1 Å². The summed E-state index contributed by atoms with van der Waals surface area (Å²) in [6, 6.07) is 19.5. The van der Waals surface area contributed by atoms with Crippen LogP contribution in [0.25, 0.3) is 0 Å². The maximum absolute atomic E-state index is 13.0. The van der Waals surface area contributed by atoms with Crippen LogP contribution in [0.2, 0.25) is 0 Å². The van der Waals surface area contributed by atoms with Gasteiger partial charge < -0.3 is 14.4 Å². The average Bonchev–Trinajstić information content (AvgIpc) is 3.24. The van der Waals surface area contributed by atoms with E-state index >= 15 is 0 Å². The minimum atomic E-state index is -0.537. The molecule has 0 spiro atoms. The van der Waals surface area contributed by atoms with Crippen LogP contribution in [0.1, 0.15) is 44.7 Å². The number of hydrogen-bond acceptors (Lipinski definition) is 4. The predicted molar refractivity (Wildman–Crippen MR) is 125 cm³/mol. The summed E-state index contributed by atoms with van der Waals surface area (Å²) in [6.45, 7) is 6.50. The second-order valence-electron chi connectivity index (χ2n) is 9.16. The van der Waals surface area contributed by atoms with Crippen molar-refractivity contribution in [1.82, 2.24) is 4.90 Å². The standard InChI is InChI=1S/C27H33NO4/c1-27(2,3)32-26(30)28-18-10-15-24(28)17-16-23(19-21-11-6-4-7-12-21)25(29)31-20-22-13-8-5-9-14-22/h4-9,11-14,16-17,23-24H,10,15,18-20H2,1-3H3/b17-16+/t23?,24-/m0/s1. The van der Waals surface area contributed by atoms with E-state index in [9.17, 15) is 9.59 Å². The number of carbonyl (C=O) groups is 2. The first-order valence-corrected chi connectivity index (χ1v) is 11.2. The van der Waals surface area contributed by atoms with Gasteiger partial charge in [-0.25, -0.2) is 4.79 Å². The summed E-state index contributed by atoms with van der Waals surface area (Å²) >= 11 is 0. The molecule has 1 fully saturated rings. The molecule has 0 radical (unpaired) electrons. The Labute approximate surface area is 191 Å². The monoisotopic (exact) mass is 435 g/mol. The number of esters is 1. The number of amides is 1. The van der Waals surface area contributed by atoms with Gasteiger partial charge in [-0.15, -0.1) is 0 Å². The first-order valence-electron chi connectivity index (χ1n) is 11.2. The van der Waals surface area contributed by atoms with Crippen LogP contribution >= 0.6 is 0 Å². The maximum atomic E-state index is 13.0. The minimum Gasteiger partial charge on any atom is -0.460 e. The predicted octanol–water partition coefficient (Wildman–Crippen LogP) is 5.54. The Balaban J connectivity index is 1.70. The van der Waals surface area contributed by atoms with Crippen LogP contribution in [0.5, 0.6) is 0 Å². The lowest BCUT2D eigenvalue weighted by Crippen LogP contribution is -2.39. The van der Waals surface area contributed by atoms with Crippen molar-refractivity contribution in [3.63, 3.8) is 0 Å². The molecule has 32 heavy (non-hydrogen) atoms. The minimum absolute atomic E-state index is 0.0787. The number of hydrogen-bond donors (Lipinski definition) is 0. The van der Waals surface area contributed by atoms with Gasteiger partial charge in [0.15, 0.2) is 0 Å². The number of rotatable bonds is 7. The summed E-state index contributed by atoms with van der Waals surface area (Å²) in [5, 5.41) is 0. The Morgan fingerprint density at radius 1 is 1.03 bits per heavy atom. The van der Waals surface area contributed by atoms with Crippen LogP contribution in [-0.2, 0) is 27.3 Å². The third kappa shape index (κ3) is 7.26. The molecule has 170 valence electrons. The number of carbonyl (C=O) groups excluding carboxylic acids is 2. The van der Waals surface area contributed by atoms with E-state index in [0.29, 0.717) is 13.0 Å². The van der Waals surface area contributed by atoms with Gasteiger partial charge in [-0.2, -0.15) is 0 Å². The summed E-state index contributed by atoms with van der Waals surface area (Å²) in [4.78, 5) is 27.3. The summed E-state index contributed by atoms with van der Waals surface area (Å²) < 4.78 is 11.2. The summed E-state index contributed by atoms with van der Waals surface area (Å²) in [5.74, 6) is -0.696. The van der Waals surface area contributed by atoms with Gasteiger partial charge in [0.2, 0.25) is 0 Å². The second kappa shape index (κ2) is 11.0. The smallest absolute Gasteiger partial charge is 0.410 e. The zero-order chi connectivity index (χ0) is 23.0. The third-order valence-electron chi connectivity index (χ3n) is 5.32. The first kappa shape index (κ1) is 23.6. The van der Waals surface area contributed by atoms with Crippen LogP contribution in [0.4, 0.5) is 4.79 Å². The molecule has 0 saturated carbocycles. The van der Waals surface area contributed by atoms with Crippen molar-refractivity contribution < 1.29 is 19.1 Å². The Hall–Kier alpha value is -3.08. The number of likely N-dealkylation sites (tertiary alicyclic amines) is 1. The molecule has 1 aliphatic rings. The molecule has 0 aliphatic carbocycles.